The number of hydrogen-bond donors (Lipinski definition) is 2. The molecule has 0 spiro atoms. The Morgan fingerprint density at radius 2 is 2.04 bits per heavy atom. The Morgan fingerprint density at radius 1 is 1.35 bits per heavy atom. The van der Waals surface area contributed by atoms with Crippen molar-refractivity contribution < 1.29 is 9.59 Å². The van der Waals surface area contributed by atoms with Gasteiger partial charge in [-0.3, -0.25) is 14.5 Å². The summed E-state index contributed by atoms with van der Waals surface area (Å²) in [6, 6.07) is 6.98. The highest BCUT2D eigenvalue weighted by molar-refractivity contribution is 5.97. The zero-order chi connectivity index (χ0) is 16.8. The van der Waals surface area contributed by atoms with Crippen molar-refractivity contribution in [1.29, 1.82) is 0 Å². The molecule has 0 saturated carbocycles. The molecule has 124 valence electrons. The topological polar surface area (TPSA) is 61.4 Å². The first-order chi connectivity index (χ1) is 11.0. The van der Waals surface area contributed by atoms with Crippen LogP contribution in [0, 0.1) is 0 Å². The number of nitrogens with zero attached hydrogens (tertiary/aromatic N) is 1. The Hall–Kier alpha value is -2.14. The van der Waals surface area contributed by atoms with E-state index >= 15 is 0 Å². The summed E-state index contributed by atoms with van der Waals surface area (Å²) >= 11 is 0. The smallest absolute Gasteiger partial charge is 0.251 e. The molecule has 5 nitrogen and oxygen atoms in total. The number of carbonyl (C=O) groups excluding carboxylic acids is 2. The lowest BCUT2D eigenvalue weighted by Gasteiger charge is -2.22. The summed E-state index contributed by atoms with van der Waals surface area (Å²) in [6.07, 6.45) is 3.72. The van der Waals surface area contributed by atoms with Gasteiger partial charge in [0.05, 0.1) is 6.04 Å². The van der Waals surface area contributed by atoms with Gasteiger partial charge >= 0.3 is 0 Å². The van der Waals surface area contributed by atoms with Crippen LogP contribution in [-0.4, -0.2) is 41.9 Å². The predicted molar refractivity (Wildman–Crippen MR) is 92.5 cm³/mol. The molecule has 1 aliphatic rings. The molecule has 1 aromatic rings. The molecular formula is C18H25N3O2. The van der Waals surface area contributed by atoms with Gasteiger partial charge in [0.1, 0.15) is 0 Å². The number of likely N-dealkylation sites (tertiary alicyclic amines) is 1. The maximum absolute atomic E-state index is 12.4. The molecular weight excluding hydrogens is 290 g/mol. The SMILES string of the molecule is C=CCN1CCC[C@H]1C(=O)Nc1ccc(C(=O)NC(C)C)cc1. The number of amides is 2. The van der Waals surface area contributed by atoms with Gasteiger partial charge in [-0.2, -0.15) is 0 Å². The zero-order valence-electron chi connectivity index (χ0n) is 13.8. The van der Waals surface area contributed by atoms with E-state index in [1.165, 1.54) is 0 Å². The highest BCUT2D eigenvalue weighted by Gasteiger charge is 2.29. The maximum atomic E-state index is 12.4. The normalized spacial score (nSPS) is 18.0. The molecule has 0 aliphatic carbocycles. The summed E-state index contributed by atoms with van der Waals surface area (Å²) in [5.41, 5.74) is 1.30. The van der Waals surface area contributed by atoms with Crippen LogP contribution in [0.3, 0.4) is 0 Å². The van der Waals surface area contributed by atoms with Crippen molar-refractivity contribution in [2.75, 3.05) is 18.4 Å². The van der Waals surface area contributed by atoms with Crippen molar-refractivity contribution in [2.45, 2.75) is 38.8 Å². The van der Waals surface area contributed by atoms with Gasteiger partial charge in [-0.1, -0.05) is 6.08 Å². The van der Waals surface area contributed by atoms with Gasteiger partial charge in [0.2, 0.25) is 5.91 Å². The zero-order valence-corrected chi connectivity index (χ0v) is 13.8. The Morgan fingerprint density at radius 3 is 2.65 bits per heavy atom. The van der Waals surface area contributed by atoms with Gasteiger partial charge in [-0.05, 0) is 57.5 Å². The molecule has 0 aromatic heterocycles. The molecule has 1 atom stereocenters. The largest absolute Gasteiger partial charge is 0.350 e. The Balaban J connectivity index is 1.96. The van der Waals surface area contributed by atoms with Crippen LogP contribution in [-0.2, 0) is 4.79 Å². The van der Waals surface area contributed by atoms with E-state index in [4.69, 9.17) is 0 Å². The monoisotopic (exact) mass is 315 g/mol. The molecule has 1 aliphatic heterocycles. The molecule has 23 heavy (non-hydrogen) atoms. The molecule has 1 saturated heterocycles. The molecule has 0 radical (unpaired) electrons. The Kier molecular flexibility index (Phi) is 5.93. The number of benzene rings is 1. The quantitative estimate of drug-likeness (QED) is 0.793. The van der Waals surface area contributed by atoms with Crippen molar-refractivity contribution in [1.82, 2.24) is 10.2 Å². The van der Waals surface area contributed by atoms with Crippen LogP contribution < -0.4 is 10.6 Å². The first kappa shape index (κ1) is 17.2. The van der Waals surface area contributed by atoms with Crippen LogP contribution >= 0.6 is 0 Å². The molecule has 1 heterocycles. The summed E-state index contributed by atoms with van der Waals surface area (Å²) in [5.74, 6) is -0.102. The van der Waals surface area contributed by atoms with Crippen LogP contribution in [0.1, 0.15) is 37.0 Å². The van der Waals surface area contributed by atoms with Crippen molar-refractivity contribution in [3.8, 4) is 0 Å². The number of nitrogens with one attached hydrogen (secondary N) is 2. The van der Waals surface area contributed by atoms with E-state index in [1.54, 1.807) is 24.3 Å². The third-order valence-corrected chi connectivity index (χ3v) is 3.86. The molecule has 0 unspecified atom stereocenters. The van der Waals surface area contributed by atoms with Crippen molar-refractivity contribution in [3.05, 3.63) is 42.5 Å². The molecule has 1 fully saturated rings. The average molecular weight is 315 g/mol. The summed E-state index contributed by atoms with van der Waals surface area (Å²) in [4.78, 5) is 26.4. The minimum Gasteiger partial charge on any atom is -0.350 e. The average Bonchev–Trinajstić information content (AvgIpc) is 2.96. The Bertz CT molecular complexity index is 566. The van der Waals surface area contributed by atoms with Gasteiger partial charge in [0, 0.05) is 23.8 Å². The van der Waals surface area contributed by atoms with E-state index in [0.717, 1.165) is 25.9 Å². The predicted octanol–water partition coefficient (Wildman–Crippen LogP) is 2.41. The molecule has 1 aromatic carbocycles. The lowest BCUT2D eigenvalue weighted by molar-refractivity contribution is -0.120. The van der Waals surface area contributed by atoms with E-state index in [9.17, 15) is 9.59 Å². The summed E-state index contributed by atoms with van der Waals surface area (Å²) < 4.78 is 0. The van der Waals surface area contributed by atoms with E-state index in [2.05, 4.69) is 22.1 Å². The number of carbonyl (C=O) groups is 2. The second-order valence-corrected chi connectivity index (χ2v) is 6.14. The van der Waals surface area contributed by atoms with E-state index in [-0.39, 0.29) is 23.9 Å². The van der Waals surface area contributed by atoms with Gasteiger partial charge < -0.3 is 10.6 Å². The molecule has 2 N–H and O–H groups in total. The maximum Gasteiger partial charge on any atom is 0.251 e. The van der Waals surface area contributed by atoms with Crippen LogP contribution in [0.4, 0.5) is 5.69 Å². The van der Waals surface area contributed by atoms with Gasteiger partial charge in [0.15, 0.2) is 0 Å². The standard InChI is InChI=1S/C18H25N3O2/c1-4-11-21-12-5-6-16(21)18(23)20-15-9-7-14(8-10-15)17(22)19-13(2)3/h4,7-10,13,16H,1,5-6,11-12H2,2-3H3,(H,19,22)(H,20,23)/t16-/m0/s1. The summed E-state index contributed by atoms with van der Waals surface area (Å²) in [5, 5.41) is 5.77. The highest BCUT2D eigenvalue weighted by Crippen LogP contribution is 2.19. The summed E-state index contributed by atoms with van der Waals surface area (Å²) in [6.45, 7) is 9.23. The fourth-order valence-corrected chi connectivity index (χ4v) is 2.78. The molecule has 5 heteroatoms. The van der Waals surface area contributed by atoms with Gasteiger partial charge in [-0.15, -0.1) is 6.58 Å². The lowest BCUT2D eigenvalue weighted by atomic mass is 10.1. The van der Waals surface area contributed by atoms with Crippen molar-refractivity contribution in [2.24, 2.45) is 0 Å². The molecule has 2 amide bonds. The minimum absolute atomic E-state index is 0.00346. The third-order valence-electron chi connectivity index (χ3n) is 3.86. The fourth-order valence-electron chi connectivity index (χ4n) is 2.78. The number of rotatable bonds is 6. The lowest BCUT2D eigenvalue weighted by Crippen LogP contribution is -2.39. The molecule has 0 bridgehead atoms. The van der Waals surface area contributed by atoms with E-state index < -0.39 is 0 Å². The number of anilines is 1. The van der Waals surface area contributed by atoms with E-state index in [1.807, 2.05) is 19.9 Å². The number of hydrogen-bond acceptors (Lipinski definition) is 3. The van der Waals surface area contributed by atoms with Crippen LogP contribution in [0.2, 0.25) is 0 Å². The second kappa shape index (κ2) is 7.92. The van der Waals surface area contributed by atoms with Crippen LogP contribution in [0.25, 0.3) is 0 Å². The van der Waals surface area contributed by atoms with Crippen molar-refractivity contribution in [3.63, 3.8) is 0 Å². The second-order valence-electron chi connectivity index (χ2n) is 6.14. The van der Waals surface area contributed by atoms with Crippen LogP contribution in [0.5, 0.6) is 0 Å². The molecule has 2 rings (SSSR count). The highest BCUT2D eigenvalue weighted by atomic mass is 16.2. The van der Waals surface area contributed by atoms with Crippen molar-refractivity contribution >= 4 is 17.5 Å². The summed E-state index contributed by atoms with van der Waals surface area (Å²) in [7, 11) is 0. The van der Waals surface area contributed by atoms with Gasteiger partial charge in [-0.25, -0.2) is 0 Å². The Labute approximate surface area is 137 Å². The first-order valence-electron chi connectivity index (χ1n) is 8.08. The fraction of sp³-hybridized carbons (Fsp3) is 0.444. The van der Waals surface area contributed by atoms with Crippen LogP contribution in [0.15, 0.2) is 36.9 Å². The van der Waals surface area contributed by atoms with E-state index in [0.29, 0.717) is 11.3 Å². The van der Waals surface area contributed by atoms with Gasteiger partial charge in [0.25, 0.3) is 5.91 Å². The minimum atomic E-state index is -0.106. The third kappa shape index (κ3) is 4.66. The first-order valence-corrected chi connectivity index (χ1v) is 8.08.